The summed E-state index contributed by atoms with van der Waals surface area (Å²) < 4.78 is 0. The van der Waals surface area contributed by atoms with E-state index < -0.39 is 46.0 Å². The Hall–Kier alpha value is -3.42. The highest BCUT2D eigenvalue weighted by Gasteiger charge is 2.25. The molecule has 0 saturated carbocycles. The van der Waals surface area contributed by atoms with Crippen LogP contribution in [0.1, 0.15) is 0 Å². The normalized spacial score (nSPS) is 11.3. The summed E-state index contributed by atoms with van der Waals surface area (Å²) in [4.78, 5) is 0. The molecule has 114 valence electrons. The van der Waals surface area contributed by atoms with Gasteiger partial charge in [0, 0.05) is 21.5 Å². The van der Waals surface area contributed by atoms with Gasteiger partial charge in [-0.25, -0.2) is 0 Å². The molecule has 0 fully saturated rings. The highest BCUT2D eigenvalue weighted by atomic mass is 16.4. The van der Waals surface area contributed by atoms with Crippen LogP contribution in [-0.4, -0.2) is 40.9 Å². The number of hydrogen-bond acceptors (Lipinski definition) is 8. The summed E-state index contributed by atoms with van der Waals surface area (Å²) in [5.74, 6) is -7.29. The zero-order valence-corrected chi connectivity index (χ0v) is 10.7. The van der Waals surface area contributed by atoms with Gasteiger partial charge in [-0.2, -0.15) is 0 Å². The predicted molar refractivity (Wildman–Crippen MR) is 74.8 cm³/mol. The van der Waals surface area contributed by atoms with E-state index in [0.29, 0.717) is 0 Å². The molecule has 22 heavy (non-hydrogen) atoms. The van der Waals surface area contributed by atoms with Crippen molar-refractivity contribution in [2.45, 2.75) is 0 Å². The highest BCUT2D eigenvalue weighted by molar-refractivity contribution is 6.19. The third-order valence-corrected chi connectivity index (χ3v) is 3.54. The van der Waals surface area contributed by atoms with E-state index >= 15 is 0 Å². The monoisotopic (exact) mass is 306 g/mol. The minimum absolute atomic E-state index is 0.153. The van der Waals surface area contributed by atoms with Crippen molar-refractivity contribution in [3.63, 3.8) is 0 Å². The van der Waals surface area contributed by atoms with Crippen molar-refractivity contribution in [3.8, 4) is 46.0 Å². The van der Waals surface area contributed by atoms with E-state index in [1.165, 1.54) is 12.1 Å². The first-order valence-electron chi connectivity index (χ1n) is 5.95. The molecule has 0 aliphatic heterocycles. The van der Waals surface area contributed by atoms with Crippen LogP contribution in [0.3, 0.4) is 0 Å². The summed E-state index contributed by atoms with van der Waals surface area (Å²) in [6, 6.07) is 2.36. The average molecular weight is 306 g/mol. The molecule has 3 aromatic carbocycles. The third kappa shape index (κ3) is 1.40. The molecule has 0 unspecified atom stereocenters. The van der Waals surface area contributed by atoms with Crippen molar-refractivity contribution in [1.82, 2.24) is 0 Å². The maximum atomic E-state index is 9.98. The van der Waals surface area contributed by atoms with Crippen molar-refractivity contribution < 1.29 is 40.9 Å². The molecule has 3 aromatic rings. The lowest BCUT2D eigenvalue weighted by Gasteiger charge is -2.14. The summed E-state index contributed by atoms with van der Waals surface area (Å²) in [6.45, 7) is 0. The molecular weight excluding hydrogens is 296 g/mol. The first kappa shape index (κ1) is 13.6. The van der Waals surface area contributed by atoms with Crippen LogP contribution in [0.4, 0.5) is 0 Å². The predicted octanol–water partition coefficient (Wildman–Crippen LogP) is 1.64. The standard InChI is InChI=1S/C14H10O8/c15-7-3-1-2-4-6(5(3)9(17)13(21)11(7)19)10(18)14(22)12(20)8(4)16/h1-2,15-22H. The molecule has 0 bridgehead atoms. The van der Waals surface area contributed by atoms with Crippen molar-refractivity contribution >= 4 is 21.5 Å². The molecule has 0 aliphatic rings. The van der Waals surface area contributed by atoms with E-state index in [1.807, 2.05) is 0 Å². The van der Waals surface area contributed by atoms with E-state index in [-0.39, 0.29) is 21.5 Å². The second kappa shape index (κ2) is 4.04. The zero-order chi connectivity index (χ0) is 16.3. The summed E-state index contributed by atoms with van der Waals surface area (Å²) in [5, 5.41) is 76.9. The van der Waals surface area contributed by atoms with Crippen molar-refractivity contribution in [3.05, 3.63) is 12.1 Å². The van der Waals surface area contributed by atoms with E-state index in [0.717, 1.165) is 0 Å². The highest BCUT2D eigenvalue weighted by Crippen LogP contribution is 2.56. The fourth-order valence-electron chi connectivity index (χ4n) is 2.43. The van der Waals surface area contributed by atoms with Gasteiger partial charge >= 0.3 is 0 Å². The Kier molecular flexibility index (Phi) is 2.49. The molecule has 3 rings (SSSR count). The second-order valence-corrected chi connectivity index (χ2v) is 4.70. The average Bonchev–Trinajstić information content (AvgIpc) is 2.52. The van der Waals surface area contributed by atoms with Crippen LogP contribution in [0.15, 0.2) is 12.1 Å². The van der Waals surface area contributed by atoms with Gasteiger partial charge in [-0.15, -0.1) is 0 Å². The fraction of sp³-hybridized carbons (Fsp3) is 0. The summed E-state index contributed by atoms with van der Waals surface area (Å²) in [7, 11) is 0. The van der Waals surface area contributed by atoms with Gasteiger partial charge in [-0.3, -0.25) is 0 Å². The Morgan fingerprint density at radius 3 is 0.955 bits per heavy atom. The molecule has 0 atom stereocenters. The Bertz CT molecular complexity index is 882. The van der Waals surface area contributed by atoms with Crippen LogP contribution < -0.4 is 0 Å². The largest absolute Gasteiger partial charge is 0.504 e. The van der Waals surface area contributed by atoms with Crippen LogP contribution in [0.25, 0.3) is 21.5 Å². The quantitative estimate of drug-likeness (QED) is 0.176. The lowest BCUT2D eigenvalue weighted by atomic mass is 9.97. The molecule has 0 spiro atoms. The van der Waals surface area contributed by atoms with Gasteiger partial charge in [-0.05, 0) is 12.1 Å². The van der Waals surface area contributed by atoms with Crippen LogP contribution >= 0.6 is 0 Å². The molecule has 0 heterocycles. The van der Waals surface area contributed by atoms with Gasteiger partial charge in [0.2, 0.25) is 23.0 Å². The SMILES string of the molecule is Oc1c(O)c(O)c2c(ccc3c(O)c(O)c(O)c(O)c32)c1O. The lowest BCUT2D eigenvalue weighted by molar-refractivity contribution is 0.349. The number of rotatable bonds is 0. The summed E-state index contributed by atoms with van der Waals surface area (Å²) in [6.07, 6.45) is 0. The summed E-state index contributed by atoms with van der Waals surface area (Å²) >= 11 is 0. The topological polar surface area (TPSA) is 162 Å². The first-order valence-corrected chi connectivity index (χ1v) is 5.95. The molecule has 0 aliphatic carbocycles. The molecule has 0 saturated heterocycles. The zero-order valence-electron chi connectivity index (χ0n) is 10.7. The maximum absolute atomic E-state index is 9.98. The van der Waals surface area contributed by atoms with E-state index in [1.54, 1.807) is 0 Å². The van der Waals surface area contributed by atoms with Crippen molar-refractivity contribution in [1.29, 1.82) is 0 Å². The minimum atomic E-state index is -1.04. The van der Waals surface area contributed by atoms with E-state index in [4.69, 9.17) is 0 Å². The molecule has 0 aromatic heterocycles. The van der Waals surface area contributed by atoms with Crippen LogP contribution in [-0.2, 0) is 0 Å². The van der Waals surface area contributed by atoms with Crippen LogP contribution in [0, 0.1) is 0 Å². The number of phenols is 8. The number of benzene rings is 3. The third-order valence-electron chi connectivity index (χ3n) is 3.54. The van der Waals surface area contributed by atoms with E-state index in [9.17, 15) is 40.9 Å². The number of phenolic OH excluding ortho intramolecular Hbond substituents is 8. The number of aromatic hydroxyl groups is 8. The molecule has 8 nitrogen and oxygen atoms in total. The van der Waals surface area contributed by atoms with Gasteiger partial charge in [-0.1, -0.05) is 0 Å². The van der Waals surface area contributed by atoms with Gasteiger partial charge in [0.25, 0.3) is 0 Å². The summed E-state index contributed by atoms with van der Waals surface area (Å²) in [5.41, 5.74) is 0. The molecule has 8 heteroatoms. The molecule has 0 amide bonds. The number of fused-ring (bicyclic) bond motifs is 3. The Morgan fingerprint density at radius 2 is 0.636 bits per heavy atom. The Morgan fingerprint density at radius 1 is 0.364 bits per heavy atom. The van der Waals surface area contributed by atoms with Crippen molar-refractivity contribution in [2.75, 3.05) is 0 Å². The maximum Gasteiger partial charge on any atom is 0.204 e. The van der Waals surface area contributed by atoms with E-state index in [2.05, 4.69) is 0 Å². The van der Waals surface area contributed by atoms with Crippen molar-refractivity contribution in [2.24, 2.45) is 0 Å². The fourth-order valence-corrected chi connectivity index (χ4v) is 2.43. The Balaban J connectivity index is 2.74. The van der Waals surface area contributed by atoms with Crippen LogP contribution in [0.5, 0.6) is 46.0 Å². The van der Waals surface area contributed by atoms with Gasteiger partial charge in [0.05, 0.1) is 0 Å². The lowest BCUT2D eigenvalue weighted by Crippen LogP contribution is -1.85. The first-order chi connectivity index (χ1) is 10.3. The van der Waals surface area contributed by atoms with Crippen LogP contribution in [0.2, 0.25) is 0 Å². The Labute approximate surface area is 121 Å². The van der Waals surface area contributed by atoms with Gasteiger partial charge in [0.1, 0.15) is 0 Å². The smallest absolute Gasteiger partial charge is 0.204 e. The molecular formula is C14H10O8. The second-order valence-electron chi connectivity index (χ2n) is 4.70. The molecule has 0 radical (unpaired) electrons. The number of hydrogen-bond donors (Lipinski definition) is 8. The van der Waals surface area contributed by atoms with Gasteiger partial charge < -0.3 is 40.9 Å². The van der Waals surface area contributed by atoms with Gasteiger partial charge in [0.15, 0.2) is 23.0 Å². The minimum Gasteiger partial charge on any atom is -0.504 e. The molecule has 8 N–H and O–H groups in total.